The van der Waals surface area contributed by atoms with Crippen LogP contribution in [-0.4, -0.2) is 30.9 Å². The zero-order chi connectivity index (χ0) is 10.6. The molecule has 2 atom stereocenters. The van der Waals surface area contributed by atoms with Gasteiger partial charge in [-0.05, 0) is 19.8 Å². The molecule has 2 unspecified atom stereocenters. The Labute approximate surface area is 83.4 Å². The molecule has 1 rings (SSSR count). The van der Waals surface area contributed by atoms with Gasteiger partial charge in [-0.3, -0.25) is 9.59 Å². The predicted molar refractivity (Wildman–Crippen MR) is 52.4 cm³/mol. The van der Waals surface area contributed by atoms with E-state index in [9.17, 15) is 9.59 Å². The van der Waals surface area contributed by atoms with Crippen LogP contribution in [-0.2, 0) is 9.59 Å². The second-order valence-corrected chi connectivity index (χ2v) is 3.77. The minimum Gasteiger partial charge on any atom is -0.368 e. The Bertz CT molecular complexity index is 222. The maximum Gasteiger partial charge on any atom is 0.236 e. The summed E-state index contributed by atoms with van der Waals surface area (Å²) in [6.45, 7) is 2.72. The summed E-state index contributed by atoms with van der Waals surface area (Å²) in [5.74, 6) is -0.607. The van der Waals surface area contributed by atoms with Crippen LogP contribution in [0, 0.1) is 5.92 Å². The monoisotopic (exact) mass is 199 g/mol. The van der Waals surface area contributed by atoms with Crippen molar-refractivity contribution in [3.8, 4) is 0 Å². The van der Waals surface area contributed by atoms with E-state index in [1.807, 2.05) is 0 Å². The third-order valence-corrected chi connectivity index (χ3v) is 2.47. The Morgan fingerprint density at radius 1 is 1.50 bits per heavy atom. The lowest BCUT2D eigenvalue weighted by atomic mass is 9.95. The first-order valence-corrected chi connectivity index (χ1v) is 4.89. The van der Waals surface area contributed by atoms with Gasteiger partial charge in [0, 0.05) is 12.6 Å². The lowest BCUT2D eigenvalue weighted by Gasteiger charge is -2.26. The van der Waals surface area contributed by atoms with E-state index in [0.29, 0.717) is 12.6 Å². The number of nitrogens with two attached hydrogens (primary N) is 1. The zero-order valence-electron chi connectivity index (χ0n) is 8.38. The molecule has 1 aliphatic heterocycles. The Hall–Kier alpha value is -1.10. The third-order valence-electron chi connectivity index (χ3n) is 2.47. The van der Waals surface area contributed by atoms with E-state index in [2.05, 4.69) is 17.6 Å². The molecule has 0 aromatic rings. The van der Waals surface area contributed by atoms with Crippen molar-refractivity contribution in [3.63, 3.8) is 0 Å². The van der Waals surface area contributed by atoms with E-state index in [4.69, 9.17) is 5.73 Å². The maximum absolute atomic E-state index is 11.5. The van der Waals surface area contributed by atoms with Gasteiger partial charge in [0.2, 0.25) is 11.8 Å². The quantitative estimate of drug-likeness (QED) is 0.543. The molecule has 80 valence electrons. The summed E-state index contributed by atoms with van der Waals surface area (Å²) in [5, 5.41) is 5.74. The minimum atomic E-state index is -0.504. The zero-order valence-corrected chi connectivity index (χ0v) is 8.38. The summed E-state index contributed by atoms with van der Waals surface area (Å²) in [4.78, 5) is 21.9. The van der Waals surface area contributed by atoms with Crippen LogP contribution in [0.15, 0.2) is 0 Å². The highest BCUT2D eigenvalue weighted by molar-refractivity contribution is 5.85. The van der Waals surface area contributed by atoms with Crippen molar-refractivity contribution in [1.82, 2.24) is 10.6 Å². The number of piperidine rings is 1. The third kappa shape index (κ3) is 3.33. The fourth-order valence-electron chi connectivity index (χ4n) is 1.54. The van der Waals surface area contributed by atoms with Crippen molar-refractivity contribution in [2.24, 2.45) is 11.7 Å². The van der Waals surface area contributed by atoms with Crippen molar-refractivity contribution >= 4 is 11.8 Å². The highest BCUT2D eigenvalue weighted by Gasteiger charge is 2.23. The van der Waals surface area contributed by atoms with Gasteiger partial charge in [-0.2, -0.15) is 0 Å². The van der Waals surface area contributed by atoms with E-state index < -0.39 is 5.91 Å². The number of carbonyl (C=O) groups excluding carboxylic acids is 2. The summed E-state index contributed by atoms with van der Waals surface area (Å²) in [5.41, 5.74) is 4.92. The van der Waals surface area contributed by atoms with Gasteiger partial charge >= 0.3 is 0 Å². The number of primary amides is 1. The number of hydrogen-bond donors (Lipinski definition) is 3. The van der Waals surface area contributed by atoms with E-state index in [1.54, 1.807) is 0 Å². The molecule has 2 amide bonds. The molecule has 0 aliphatic carbocycles. The van der Waals surface area contributed by atoms with Gasteiger partial charge in [-0.25, -0.2) is 0 Å². The lowest BCUT2D eigenvalue weighted by Crippen LogP contribution is -2.45. The van der Waals surface area contributed by atoms with Crippen LogP contribution in [0.4, 0.5) is 0 Å². The van der Waals surface area contributed by atoms with Crippen LogP contribution in [0.2, 0.25) is 0 Å². The van der Waals surface area contributed by atoms with E-state index >= 15 is 0 Å². The molecule has 1 aliphatic rings. The van der Waals surface area contributed by atoms with Crippen LogP contribution >= 0.6 is 0 Å². The van der Waals surface area contributed by atoms with Crippen LogP contribution in [0.25, 0.3) is 0 Å². The first kappa shape index (κ1) is 11.0. The summed E-state index contributed by atoms with van der Waals surface area (Å²) in [7, 11) is 0. The molecule has 1 saturated heterocycles. The average molecular weight is 199 g/mol. The van der Waals surface area contributed by atoms with Crippen molar-refractivity contribution in [1.29, 1.82) is 0 Å². The van der Waals surface area contributed by atoms with Gasteiger partial charge < -0.3 is 16.4 Å². The summed E-state index contributed by atoms with van der Waals surface area (Å²) in [6.07, 6.45) is 1.87. The molecule has 0 radical (unpaired) electrons. The van der Waals surface area contributed by atoms with Gasteiger partial charge in [0.05, 0.1) is 12.5 Å². The molecule has 1 fully saturated rings. The standard InChI is InChI=1S/C9H17N3O2/c1-6-2-3-7(4-11-6)9(14)12-5-8(10)13/h6-7,11H,2-5H2,1H3,(H2,10,13)(H,12,14). The average Bonchev–Trinajstić information content (AvgIpc) is 2.15. The fourth-order valence-corrected chi connectivity index (χ4v) is 1.54. The molecule has 5 nitrogen and oxygen atoms in total. The summed E-state index contributed by atoms with van der Waals surface area (Å²) < 4.78 is 0. The van der Waals surface area contributed by atoms with Crippen molar-refractivity contribution in [3.05, 3.63) is 0 Å². The second kappa shape index (κ2) is 4.95. The summed E-state index contributed by atoms with van der Waals surface area (Å²) in [6, 6.07) is 0.482. The van der Waals surface area contributed by atoms with Crippen LogP contribution in [0.5, 0.6) is 0 Å². The molecular weight excluding hydrogens is 182 g/mol. The fraction of sp³-hybridized carbons (Fsp3) is 0.778. The van der Waals surface area contributed by atoms with Crippen LogP contribution < -0.4 is 16.4 Å². The van der Waals surface area contributed by atoms with E-state index in [0.717, 1.165) is 12.8 Å². The molecule has 1 heterocycles. The smallest absolute Gasteiger partial charge is 0.236 e. The summed E-state index contributed by atoms with van der Waals surface area (Å²) >= 11 is 0. The Kier molecular flexibility index (Phi) is 3.88. The highest BCUT2D eigenvalue weighted by atomic mass is 16.2. The second-order valence-electron chi connectivity index (χ2n) is 3.77. The number of rotatable bonds is 3. The molecule has 4 N–H and O–H groups in total. The van der Waals surface area contributed by atoms with E-state index in [1.165, 1.54) is 0 Å². The number of hydrogen-bond acceptors (Lipinski definition) is 3. The largest absolute Gasteiger partial charge is 0.368 e. The molecule has 0 aromatic heterocycles. The molecule has 5 heteroatoms. The topological polar surface area (TPSA) is 84.2 Å². The number of carbonyl (C=O) groups is 2. The SMILES string of the molecule is CC1CCC(C(=O)NCC(N)=O)CN1. The first-order valence-electron chi connectivity index (χ1n) is 4.89. The Morgan fingerprint density at radius 2 is 2.21 bits per heavy atom. The van der Waals surface area contributed by atoms with Gasteiger partial charge in [0.1, 0.15) is 0 Å². The Morgan fingerprint density at radius 3 is 2.71 bits per heavy atom. The highest BCUT2D eigenvalue weighted by Crippen LogP contribution is 2.13. The molecule has 0 saturated carbocycles. The van der Waals surface area contributed by atoms with Gasteiger partial charge in [0.25, 0.3) is 0 Å². The van der Waals surface area contributed by atoms with Crippen LogP contribution in [0.1, 0.15) is 19.8 Å². The van der Waals surface area contributed by atoms with Crippen molar-refractivity contribution in [2.75, 3.05) is 13.1 Å². The predicted octanol–water partition coefficient (Wildman–Crippen LogP) is -1.02. The van der Waals surface area contributed by atoms with Crippen LogP contribution in [0.3, 0.4) is 0 Å². The van der Waals surface area contributed by atoms with E-state index in [-0.39, 0.29) is 18.4 Å². The molecule has 0 aromatic carbocycles. The van der Waals surface area contributed by atoms with Crippen molar-refractivity contribution < 1.29 is 9.59 Å². The van der Waals surface area contributed by atoms with Crippen molar-refractivity contribution in [2.45, 2.75) is 25.8 Å². The molecule has 0 spiro atoms. The van der Waals surface area contributed by atoms with Gasteiger partial charge in [-0.15, -0.1) is 0 Å². The lowest BCUT2D eigenvalue weighted by molar-refractivity contribution is -0.128. The normalized spacial score (nSPS) is 26.9. The number of nitrogens with one attached hydrogen (secondary N) is 2. The maximum atomic E-state index is 11.5. The molecule has 14 heavy (non-hydrogen) atoms. The van der Waals surface area contributed by atoms with Gasteiger partial charge in [0.15, 0.2) is 0 Å². The molecular formula is C9H17N3O2. The molecule has 0 bridgehead atoms. The number of amides is 2. The first-order chi connectivity index (χ1) is 6.59. The minimum absolute atomic E-state index is 0.0226. The van der Waals surface area contributed by atoms with Gasteiger partial charge in [-0.1, -0.05) is 0 Å². The Balaban J connectivity index is 2.27.